The Labute approximate surface area is 113 Å². The van der Waals surface area contributed by atoms with Crippen LogP contribution in [0.5, 0.6) is 0 Å². The van der Waals surface area contributed by atoms with Gasteiger partial charge in [-0.2, -0.15) is 0 Å². The number of hydrogen-bond donors (Lipinski definition) is 3. The summed E-state index contributed by atoms with van der Waals surface area (Å²) in [6.45, 7) is 3.16. The first-order valence-corrected chi connectivity index (χ1v) is 7.47. The molecule has 0 unspecified atom stereocenters. The third-order valence-corrected chi connectivity index (χ3v) is 3.52. The largest absolute Gasteiger partial charge is 0.395 e. The van der Waals surface area contributed by atoms with Crippen molar-refractivity contribution in [2.75, 3.05) is 38.2 Å². The number of pyridine rings is 1. The van der Waals surface area contributed by atoms with Crippen molar-refractivity contribution in [1.82, 2.24) is 9.71 Å². The molecule has 0 fully saturated rings. The van der Waals surface area contributed by atoms with E-state index in [1.165, 1.54) is 6.07 Å². The third kappa shape index (κ3) is 5.52. The van der Waals surface area contributed by atoms with Crippen LogP contribution in [-0.4, -0.2) is 51.4 Å². The predicted molar refractivity (Wildman–Crippen MR) is 71.5 cm³/mol. The number of nitrogens with one attached hydrogen (secondary N) is 2. The second kappa shape index (κ2) is 8.05. The minimum absolute atomic E-state index is 0.0503. The number of anilines is 1. The molecule has 7 nitrogen and oxygen atoms in total. The van der Waals surface area contributed by atoms with Crippen LogP contribution < -0.4 is 10.0 Å². The van der Waals surface area contributed by atoms with Crippen LogP contribution in [0.3, 0.4) is 0 Å². The lowest BCUT2D eigenvalue weighted by Crippen LogP contribution is -2.28. The van der Waals surface area contributed by atoms with Gasteiger partial charge in [0.25, 0.3) is 10.0 Å². The number of aliphatic hydroxyl groups excluding tert-OH is 1. The Morgan fingerprint density at radius 3 is 2.84 bits per heavy atom. The molecule has 0 bridgehead atoms. The van der Waals surface area contributed by atoms with Gasteiger partial charge in [-0.05, 0) is 19.1 Å². The molecule has 0 aliphatic heterocycles. The van der Waals surface area contributed by atoms with Crippen molar-refractivity contribution in [2.24, 2.45) is 0 Å². The predicted octanol–water partition coefficient (Wildman–Crippen LogP) is -0.199. The number of sulfonamides is 1. The van der Waals surface area contributed by atoms with E-state index in [0.29, 0.717) is 25.6 Å². The zero-order valence-corrected chi connectivity index (χ0v) is 11.6. The van der Waals surface area contributed by atoms with Gasteiger partial charge in [0.15, 0.2) is 5.03 Å². The molecule has 108 valence electrons. The van der Waals surface area contributed by atoms with Crippen molar-refractivity contribution in [3.8, 4) is 0 Å². The molecule has 0 spiro atoms. The normalized spacial score (nSPS) is 11.5. The summed E-state index contributed by atoms with van der Waals surface area (Å²) >= 11 is 0. The smallest absolute Gasteiger partial charge is 0.258 e. The molecular formula is C11H19N3O4S. The number of rotatable bonds is 9. The molecule has 1 heterocycles. The fourth-order valence-electron chi connectivity index (χ4n) is 1.31. The first-order chi connectivity index (χ1) is 9.10. The first kappa shape index (κ1) is 15.8. The molecule has 0 aromatic carbocycles. The highest BCUT2D eigenvalue weighted by molar-refractivity contribution is 7.89. The maximum atomic E-state index is 11.9. The van der Waals surface area contributed by atoms with Gasteiger partial charge in [0.2, 0.25) is 0 Å². The number of hydrogen-bond acceptors (Lipinski definition) is 6. The molecular weight excluding hydrogens is 270 g/mol. The molecule has 0 aliphatic carbocycles. The summed E-state index contributed by atoms with van der Waals surface area (Å²) in [6.07, 6.45) is 0. The van der Waals surface area contributed by atoms with Crippen LogP contribution in [-0.2, 0) is 14.8 Å². The number of nitrogens with zero attached hydrogens (tertiary/aromatic N) is 1. The van der Waals surface area contributed by atoms with E-state index in [-0.39, 0.29) is 18.2 Å². The van der Waals surface area contributed by atoms with Crippen molar-refractivity contribution in [3.05, 3.63) is 18.2 Å². The van der Waals surface area contributed by atoms with Crippen LogP contribution >= 0.6 is 0 Å². The van der Waals surface area contributed by atoms with Gasteiger partial charge in [0, 0.05) is 19.7 Å². The van der Waals surface area contributed by atoms with Gasteiger partial charge in [0.1, 0.15) is 5.82 Å². The summed E-state index contributed by atoms with van der Waals surface area (Å²) in [5.74, 6) is 0.404. The minimum atomic E-state index is -3.63. The highest BCUT2D eigenvalue weighted by Gasteiger charge is 2.15. The van der Waals surface area contributed by atoms with Gasteiger partial charge < -0.3 is 15.2 Å². The molecule has 0 amide bonds. The highest BCUT2D eigenvalue weighted by Crippen LogP contribution is 2.09. The van der Waals surface area contributed by atoms with Gasteiger partial charge in [-0.3, -0.25) is 0 Å². The van der Waals surface area contributed by atoms with Crippen molar-refractivity contribution >= 4 is 15.8 Å². The van der Waals surface area contributed by atoms with E-state index in [4.69, 9.17) is 9.84 Å². The van der Waals surface area contributed by atoms with Gasteiger partial charge >= 0.3 is 0 Å². The lowest BCUT2D eigenvalue weighted by Gasteiger charge is -2.08. The van der Waals surface area contributed by atoms with Crippen molar-refractivity contribution < 1.29 is 18.3 Å². The van der Waals surface area contributed by atoms with E-state index < -0.39 is 10.0 Å². The first-order valence-electron chi connectivity index (χ1n) is 5.99. The summed E-state index contributed by atoms with van der Waals surface area (Å²) in [5.41, 5.74) is 0. The van der Waals surface area contributed by atoms with Crippen LogP contribution in [0, 0.1) is 0 Å². The van der Waals surface area contributed by atoms with E-state index >= 15 is 0 Å². The Morgan fingerprint density at radius 1 is 1.37 bits per heavy atom. The Bertz CT molecular complexity index is 479. The lowest BCUT2D eigenvalue weighted by atomic mass is 10.4. The average Bonchev–Trinajstić information content (AvgIpc) is 2.42. The summed E-state index contributed by atoms with van der Waals surface area (Å²) < 4.78 is 31.3. The summed E-state index contributed by atoms with van der Waals surface area (Å²) in [5, 5.41) is 11.4. The summed E-state index contributed by atoms with van der Waals surface area (Å²) in [7, 11) is -3.63. The van der Waals surface area contributed by atoms with Crippen LogP contribution in [0.4, 0.5) is 5.82 Å². The molecule has 3 N–H and O–H groups in total. The minimum Gasteiger partial charge on any atom is -0.395 e. The Morgan fingerprint density at radius 2 is 2.16 bits per heavy atom. The Hall–Kier alpha value is -1.22. The van der Waals surface area contributed by atoms with Gasteiger partial charge in [0.05, 0.1) is 13.2 Å². The second-order valence-corrected chi connectivity index (χ2v) is 5.32. The number of ether oxygens (including phenoxy) is 1. The fraction of sp³-hybridized carbons (Fsp3) is 0.545. The van der Waals surface area contributed by atoms with E-state index in [9.17, 15) is 8.42 Å². The molecule has 0 saturated heterocycles. The van der Waals surface area contributed by atoms with Crippen LogP contribution in [0.2, 0.25) is 0 Å². The van der Waals surface area contributed by atoms with E-state index in [1.807, 2.05) is 6.92 Å². The van der Waals surface area contributed by atoms with Crippen molar-refractivity contribution in [1.29, 1.82) is 0 Å². The van der Waals surface area contributed by atoms with Crippen LogP contribution in [0.1, 0.15) is 6.92 Å². The number of aliphatic hydroxyl groups is 1. The molecule has 8 heteroatoms. The van der Waals surface area contributed by atoms with Crippen LogP contribution in [0.25, 0.3) is 0 Å². The monoisotopic (exact) mass is 289 g/mol. The molecule has 19 heavy (non-hydrogen) atoms. The highest BCUT2D eigenvalue weighted by atomic mass is 32.2. The maximum Gasteiger partial charge on any atom is 0.258 e. The van der Waals surface area contributed by atoms with Gasteiger partial charge in [-0.25, -0.2) is 18.1 Å². The second-order valence-electron chi connectivity index (χ2n) is 3.61. The fourth-order valence-corrected chi connectivity index (χ4v) is 2.29. The number of aromatic nitrogens is 1. The van der Waals surface area contributed by atoms with E-state index in [1.54, 1.807) is 12.1 Å². The molecule has 0 saturated carbocycles. The molecule has 1 rings (SSSR count). The van der Waals surface area contributed by atoms with E-state index in [2.05, 4.69) is 15.0 Å². The zero-order valence-electron chi connectivity index (χ0n) is 10.8. The standard InChI is InChI=1S/C11H19N3O4S/c1-2-18-9-7-13-19(16,17)11-5-3-4-10(14-11)12-6-8-15/h3-5,13,15H,2,6-9H2,1H3,(H,12,14). The zero-order chi connectivity index (χ0) is 14.1. The average molecular weight is 289 g/mol. The third-order valence-electron chi connectivity index (χ3n) is 2.16. The quantitative estimate of drug-likeness (QED) is 0.544. The SMILES string of the molecule is CCOCCNS(=O)(=O)c1cccc(NCCO)n1. The molecule has 0 aliphatic rings. The van der Waals surface area contributed by atoms with Crippen molar-refractivity contribution in [2.45, 2.75) is 11.9 Å². The van der Waals surface area contributed by atoms with Crippen molar-refractivity contribution in [3.63, 3.8) is 0 Å². The Balaban J connectivity index is 2.66. The Kier molecular flexibility index (Phi) is 6.71. The van der Waals surface area contributed by atoms with Gasteiger partial charge in [-0.1, -0.05) is 6.07 Å². The van der Waals surface area contributed by atoms with Crippen LogP contribution in [0.15, 0.2) is 23.2 Å². The topological polar surface area (TPSA) is 101 Å². The lowest BCUT2D eigenvalue weighted by molar-refractivity contribution is 0.153. The molecule has 0 radical (unpaired) electrons. The van der Waals surface area contributed by atoms with Gasteiger partial charge in [-0.15, -0.1) is 0 Å². The molecule has 1 aromatic heterocycles. The van der Waals surface area contributed by atoms with E-state index in [0.717, 1.165) is 0 Å². The summed E-state index contributed by atoms with van der Waals surface area (Å²) in [4.78, 5) is 3.97. The summed E-state index contributed by atoms with van der Waals surface area (Å²) in [6, 6.07) is 4.63. The molecule has 0 atom stereocenters. The maximum absolute atomic E-state index is 11.9. The molecule has 1 aromatic rings.